The topological polar surface area (TPSA) is 0 Å². The van der Waals surface area contributed by atoms with Crippen LogP contribution in [0.4, 0.5) is 0 Å². The van der Waals surface area contributed by atoms with E-state index in [0.29, 0.717) is 0 Å². The molecule has 0 nitrogen and oxygen atoms in total. The minimum atomic E-state index is 1.25. The number of hydrogen-bond donors (Lipinski definition) is 0. The maximum absolute atomic E-state index is 2.42. The lowest BCUT2D eigenvalue weighted by atomic mass is 9.92. The van der Waals surface area contributed by atoms with Gasteiger partial charge in [-0.05, 0) is 62.5 Å². The molecule has 0 amide bonds. The highest BCUT2D eigenvalue weighted by Gasteiger charge is 2.06. The van der Waals surface area contributed by atoms with Crippen LogP contribution in [0.15, 0.2) is 47.6 Å². The monoisotopic (exact) mass is 326 g/mol. The third kappa shape index (κ3) is 8.71. The van der Waals surface area contributed by atoms with Crippen LogP contribution in [0.3, 0.4) is 0 Å². The van der Waals surface area contributed by atoms with E-state index >= 15 is 0 Å². The Kier molecular flexibility index (Phi) is 10.7. The van der Waals surface area contributed by atoms with Crippen molar-refractivity contribution in [3.63, 3.8) is 0 Å². The number of allylic oxidation sites excluding steroid dienone is 8. The summed E-state index contributed by atoms with van der Waals surface area (Å²) in [5.41, 5.74) is 3.21. The van der Waals surface area contributed by atoms with Gasteiger partial charge in [-0.2, -0.15) is 0 Å². The Morgan fingerprint density at radius 1 is 0.417 bits per heavy atom. The molecule has 0 unspecified atom stereocenters. The van der Waals surface area contributed by atoms with Crippen LogP contribution in [0.2, 0.25) is 0 Å². The Morgan fingerprint density at radius 2 is 0.792 bits per heavy atom. The molecule has 0 aromatic carbocycles. The van der Waals surface area contributed by atoms with Crippen molar-refractivity contribution in [2.75, 3.05) is 0 Å². The highest BCUT2D eigenvalue weighted by molar-refractivity contribution is 5.36. The molecule has 0 heteroatoms. The molecule has 0 spiro atoms. The maximum Gasteiger partial charge on any atom is -0.0276 e. The van der Waals surface area contributed by atoms with Crippen molar-refractivity contribution in [1.29, 1.82) is 0 Å². The first kappa shape index (κ1) is 19.3. The standard InChI is InChI=1S/C24H38/c1-3-7-11-15-19-23(20-16-12-8-4-1)24-21-17-13-9-5-2-6-10-14-18-22-24/h11,13,15,17,19,21H,1-10,12,14,16,18,20,22H2/b15-11+,17-13?,23-19+,24-21?. The Labute approximate surface area is 150 Å². The third-order valence-corrected chi connectivity index (χ3v) is 5.41. The van der Waals surface area contributed by atoms with Gasteiger partial charge in [0.05, 0.1) is 0 Å². The van der Waals surface area contributed by atoms with Crippen molar-refractivity contribution in [1.82, 2.24) is 0 Å². The molecule has 0 N–H and O–H groups in total. The zero-order chi connectivity index (χ0) is 16.7. The van der Waals surface area contributed by atoms with Gasteiger partial charge in [0.25, 0.3) is 0 Å². The number of hydrogen-bond acceptors (Lipinski definition) is 0. The molecule has 2 aliphatic carbocycles. The Balaban J connectivity index is 2.06. The van der Waals surface area contributed by atoms with Gasteiger partial charge in [0.1, 0.15) is 0 Å². The molecule has 2 rings (SSSR count). The van der Waals surface area contributed by atoms with Crippen molar-refractivity contribution in [3.05, 3.63) is 47.6 Å². The lowest BCUT2D eigenvalue weighted by Gasteiger charge is -2.13. The molecule has 2 aliphatic rings. The molecular formula is C24H38. The summed E-state index contributed by atoms with van der Waals surface area (Å²) in [7, 11) is 0. The first-order valence-electron chi connectivity index (χ1n) is 10.7. The molecule has 0 aromatic heterocycles. The fraction of sp³-hybridized carbons (Fsp3) is 0.667. The Bertz CT molecular complexity index is 391. The molecule has 0 bridgehead atoms. The van der Waals surface area contributed by atoms with Gasteiger partial charge in [0.2, 0.25) is 0 Å². The second kappa shape index (κ2) is 13.3. The third-order valence-electron chi connectivity index (χ3n) is 5.41. The van der Waals surface area contributed by atoms with Crippen LogP contribution in [0.25, 0.3) is 0 Å². The molecule has 134 valence electrons. The average Bonchev–Trinajstić information content (AvgIpc) is 2.56. The van der Waals surface area contributed by atoms with E-state index in [4.69, 9.17) is 0 Å². The largest absolute Gasteiger partial charge is 0.0845 e. The highest BCUT2D eigenvalue weighted by Crippen LogP contribution is 2.25. The summed E-state index contributed by atoms with van der Waals surface area (Å²) < 4.78 is 0. The summed E-state index contributed by atoms with van der Waals surface area (Å²) in [5.74, 6) is 0. The van der Waals surface area contributed by atoms with Gasteiger partial charge >= 0.3 is 0 Å². The Hall–Kier alpha value is -1.04. The molecule has 0 aromatic rings. The minimum absolute atomic E-state index is 1.25. The fourth-order valence-corrected chi connectivity index (χ4v) is 3.83. The van der Waals surface area contributed by atoms with Crippen LogP contribution in [0.5, 0.6) is 0 Å². The lowest BCUT2D eigenvalue weighted by Crippen LogP contribution is -1.94. The van der Waals surface area contributed by atoms with E-state index in [2.05, 4.69) is 36.5 Å². The predicted molar refractivity (Wildman–Crippen MR) is 108 cm³/mol. The normalized spacial score (nSPS) is 26.5. The van der Waals surface area contributed by atoms with Crippen LogP contribution in [0, 0.1) is 0 Å². The van der Waals surface area contributed by atoms with Crippen molar-refractivity contribution in [2.24, 2.45) is 0 Å². The van der Waals surface area contributed by atoms with E-state index in [1.54, 1.807) is 11.1 Å². The van der Waals surface area contributed by atoms with Gasteiger partial charge in [-0.3, -0.25) is 0 Å². The van der Waals surface area contributed by atoms with E-state index in [-0.39, 0.29) is 0 Å². The van der Waals surface area contributed by atoms with Gasteiger partial charge in [-0.25, -0.2) is 0 Å². The van der Waals surface area contributed by atoms with Crippen molar-refractivity contribution in [3.8, 4) is 0 Å². The quantitative estimate of drug-likeness (QED) is 0.455. The van der Waals surface area contributed by atoms with Gasteiger partial charge in [0, 0.05) is 0 Å². The molecule has 0 atom stereocenters. The summed E-state index contributed by atoms with van der Waals surface area (Å²) in [6.45, 7) is 0. The first-order valence-corrected chi connectivity index (χ1v) is 10.7. The predicted octanol–water partition coefficient (Wildman–Crippen LogP) is 8.22. The van der Waals surface area contributed by atoms with Crippen LogP contribution >= 0.6 is 0 Å². The molecule has 0 radical (unpaired) electrons. The molecular weight excluding hydrogens is 288 g/mol. The summed E-state index contributed by atoms with van der Waals surface area (Å²) in [4.78, 5) is 0. The van der Waals surface area contributed by atoms with E-state index in [1.807, 2.05) is 0 Å². The SMILES string of the molecule is C1=CCCCCCCCCC(/C2=C/C=C/CCCCCCCC2)=C1. The molecule has 24 heavy (non-hydrogen) atoms. The van der Waals surface area contributed by atoms with E-state index in [1.165, 1.54) is 103 Å². The van der Waals surface area contributed by atoms with E-state index < -0.39 is 0 Å². The van der Waals surface area contributed by atoms with Gasteiger partial charge in [-0.15, -0.1) is 0 Å². The van der Waals surface area contributed by atoms with Crippen LogP contribution in [-0.4, -0.2) is 0 Å². The summed E-state index contributed by atoms with van der Waals surface area (Å²) >= 11 is 0. The second-order valence-electron chi connectivity index (χ2n) is 7.56. The van der Waals surface area contributed by atoms with Crippen LogP contribution in [0.1, 0.15) is 103 Å². The second-order valence-corrected chi connectivity index (χ2v) is 7.56. The van der Waals surface area contributed by atoms with Crippen LogP contribution in [-0.2, 0) is 0 Å². The minimum Gasteiger partial charge on any atom is -0.0845 e. The average molecular weight is 327 g/mol. The van der Waals surface area contributed by atoms with Gasteiger partial charge < -0.3 is 0 Å². The highest BCUT2D eigenvalue weighted by atomic mass is 14.1. The van der Waals surface area contributed by atoms with Gasteiger partial charge in [-0.1, -0.05) is 87.8 Å². The fourth-order valence-electron chi connectivity index (χ4n) is 3.83. The van der Waals surface area contributed by atoms with Crippen molar-refractivity contribution >= 4 is 0 Å². The summed E-state index contributed by atoms with van der Waals surface area (Å²) in [6.07, 6.45) is 36.1. The molecule has 0 saturated carbocycles. The van der Waals surface area contributed by atoms with Gasteiger partial charge in [0.15, 0.2) is 0 Å². The number of rotatable bonds is 1. The zero-order valence-electron chi connectivity index (χ0n) is 15.8. The molecule has 0 fully saturated rings. The smallest absolute Gasteiger partial charge is 0.0276 e. The lowest BCUT2D eigenvalue weighted by molar-refractivity contribution is 0.587. The van der Waals surface area contributed by atoms with E-state index in [9.17, 15) is 0 Å². The summed E-state index contributed by atoms with van der Waals surface area (Å²) in [6, 6.07) is 0. The molecule has 0 aliphatic heterocycles. The Morgan fingerprint density at radius 3 is 1.25 bits per heavy atom. The van der Waals surface area contributed by atoms with Crippen LogP contribution < -0.4 is 0 Å². The van der Waals surface area contributed by atoms with Crippen molar-refractivity contribution in [2.45, 2.75) is 103 Å². The van der Waals surface area contributed by atoms with E-state index in [0.717, 1.165) is 0 Å². The summed E-state index contributed by atoms with van der Waals surface area (Å²) in [5, 5.41) is 0. The zero-order valence-corrected chi connectivity index (χ0v) is 15.8. The first-order chi connectivity index (χ1) is 12.0. The molecule has 0 saturated heterocycles. The molecule has 0 heterocycles. The maximum atomic E-state index is 2.42. The van der Waals surface area contributed by atoms with Crippen molar-refractivity contribution < 1.29 is 0 Å².